The lowest BCUT2D eigenvalue weighted by molar-refractivity contribution is 0.107. The molecule has 0 aromatic heterocycles. The highest BCUT2D eigenvalue weighted by molar-refractivity contribution is 14.0. The van der Waals surface area contributed by atoms with Gasteiger partial charge in [-0.05, 0) is 56.2 Å². The van der Waals surface area contributed by atoms with Crippen LogP contribution in [0, 0.1) is 5.41 Å². The first-order valence-electron chi connectivity index (χ1n) is 10.5. The van der Waals surface area contributed by atoms with Crippen LogP contribution in [-0.2, 0) is 4.74 Å². The summed E-state index contributed by atoms with van der Waals surface area (Å²) in [5, 5.41) is 17.1. The molecule has 1 saturated carbocycles. The predicted molar refractivity (Wildman–Crippen MR) is 129 cm³/mol. The zero-order valence-electron chi connectivity index (χ0n) is 18.1. The van der Waals surface area contributed by atoms with E-state index in [0.29, 0.717) is 6.54 Å². The van der Waals surface area contributed by atoms with Crippen LogP contribution in [0.2, 0.25) is 0 Å². The summed E-state index contributed by atoms with van der Waals surface area (Å²) in [6.07, 6.45) is 5.43. The predicted octanol–water partition coefficient (Wildman–Crippen LogP) is 3.89. The molecule has 2 rings (SSSR count). The van der Waals surface area contributed by atoms with Gasteiger partial charge >= 0.3 is 0 Å². The first-order valence-corrected chi connectivity index (χ1v) is 10.5. The van der Waals surface area contributed by atoms with E-state index in [-0.39, 0.29) is 29.4 Å². The summed E-state index contributed by atoms with van der Waals surface area (Å²) in [7, 11) is 1.63. The highest BCUT2D eigenvalue weighted by Gasteiger charge is 2.33. The van der Waals surface area contributed by atoms with Gasteiger partial charge in [0.25, 0.3) is 0 Å². The number of aliphatic hydroxyl groups is 1. The van der Waals surface area contributed by atoms with Gasteiger partial charge in [-0.1, -0.05) is 25.0 Å². The number of hydrogen-bond acceptors (Lipinski definition) is 4. The van der Waals surface area contributed by atoms with Crippen LogP contribution in [0.15, 0.2) is 29.3 Å². The molecule has 29 heavy (non-hydrogen) atoms. The first kappa shape index (κ1) is 26.0. The molecule has 0 amide bonds. The minimum absolute atomic E-state index is 0. The molecule has 7 heteroatoms. The zero-order valence-corrected chi connectivity index (χ0v) is 20.4. The van der Waals surface area contributed by atoms with Gasteiger partial charge < -0.3 is 25.2 Å². The minimum Gasteiger partial charge on any atom is -0.497 e. The van der Waals surface area contributed by atoms with E-state index >= 15 is 0 Å². The Bertz CT molecular complexity index is 607. The van der Waals surface area contributed by atoms with Crippen molar-refractivity contribution in [3.05, 3.63) is 29.8 Å². The van der Waals surface area contributed by atoms with Gasteiger partial charge in [0.2, 0.25) is 0 Å². The minimum atomic E-state index is -0.627. The van der Waals surface area contributed by atoms with Gasteiger partial charge in [0.1, 0.15) is 5.75 Å². The monoisotopic (exact) mass is 519 g/mol. The second-order valence-electron chi connectivity index (χ2n) is 7.52. The van der Waals surface area contributed by atoms with Crippen molar-refractivity contribution in [1.82, 2.24) is 10.6 Å². The summed E-state index contributed by atoms with van der Waals surface area (Å²) in [5.74, 6) is 1.50. The molecule has 1 aliphatic carbocycles. The van der Waals surface area contributed by atoms with Gasteiger partial charge in [0, 0.05) is 32.8 Å². The van der Waals surface area contributed by atoms with E-state index in [1.54, 1.807) is 7.11 Å². The summed E-state index contributed by atoms with van der Waals surface area (Å²) >= 11 is 0. The normalized spacial score (nSPS) is 16.8. The lowest BCUT2D eigenvalue weighted by atomic mass is 9.83. The van der Waals surface area contributed by atoms with Crippen molar-refractivity contribution in [2.45, 2.75) is 52.1 Å². The fourth-order valence-corrected chi connectivity index (χ4v) is 3.79. The summed E-state index contributed by atoms with van der Waals surface area (Å²) in [4.78, 5) is 4.85. The summed E-state index contributed by atoms with van der Waals surface area (Å²) < 4.78 is 10.8. The number of hydrogen-bond donors (Lipinski definition) is 3. The molecule has 6 nitrogen and oxygen atoms in total. The number of halogens is 1. The van der Waals surface area contributed by atoms with Crippen LogP contribution in [0.25, 0.3) is 0 Å². The standard InChI is InChI=1S/C22H37N3O3.HI/c1-4-23-21(24-16-20(26)18-9-8-10-19(15-18)27-3)25-17-22(11-6-7-12-22)13-14-28-5-2;/h8-10,15,20,26H,4-7,11-14,16-17H2,1-3H3,(H2,23,24,25);1H. The Morgan fingerprint density at radius 1 is 1.24 bits per heavy atom. The van der Waals surface area contributed by atoms with Crippen LogP contribution in [0.4, 0.5) is 0 Å². The fraction of sp³-hybridized carbons (Fsp3) is 0.682. The SMILES string of the molecule is CCNC(=NCC1(CCOCC)CCCC1)NCC(O)c1cccc(OC)c1.I. The van der Waals surface area contributed by atoms with Crippen LogP contribution in [0.1, 0.15) is 57.6 Å². The molecule has 0 heterocycles. The third-order valence-electron chi connectivity index (χ3n) is 5.50. The van der Waals surface area contributed by atoms with E-state index in [0.717, 1.165) is 50.0 Å². The molecule has 3 N–H and O–H groups in total. The van der Waals surface area contributed by atoms with Crippen LogP contribution in [-0.4, -0.2) is 51.0 Å². The van der Waals surface area contributed by atoms with Gasteiger partial charge in [-0.3, -0.25) is 4.99 Å². The molecule has 0 bridgehead atoms. The molecule has 1 aromatic carbocycles. The van der Waals surface area contributed by atoms with Crippen LogP contribution >= 0.6 is 24.0 Å². The molecule has 0 spiro atoms. The van der Waals surface area contributed by atoms with E-state index in [1.165, 1.54) is 25.7 Å². The van der Waals surface area contributed by atoms with E-state index < -0.39 is 6.10 Å². The molecule has 1 aromatic rings. The second-order valence-corrected chi connectivity index (χ2v) is 7.52. The van der Waals surface area contributed by atoms with Crippen LogP contribution in [0.5, 0.6) is 5.75 Å². The topological polar surface area (TPSA) is 75.1 Å². The van der Waals surface area contributed by atoms with Gasteiger partial charge in [-0.2, -0.15) is 0 Å². The molecule has 0 saturated heterocycles. The van der Waals surface area contributed by atoms with Gasteiger partial charge in [-0.25, -0.2) is 0 Å². The van der Waals surface area contributed by atoms with Crippen LogP contribution < -0.4 is 15.4 Å². The van der Waals surface area contributed by atoms with Crippen molar-refractivity contribution >= 4 is 29.9 Å². The van der Waals surface area contributed by atoms with Crippen molar-refractivity contribution < 1.29 is 14.6 Å². The Balaban J connectivity index is 0.00000420. The maximum Gasteiger partial charge on any atom is 0.191 e. The number of aliphatic hydroxyl groups excluding tert-OH is 1. The van der Waals surface area contributed by atoms with Crippen molar-refractivity contribution in [3.8, 4) is 5.75 Å². The van der Waals surface area contributed by atoms with Crippen molar-refractivity contribution in [2.75, 3.05) is 40.0 Å². The fourth-order valence-electron chi connectivity index (χ4n) is 3.79. The summed E-state index contributed by atoms with van der Waals surface area (Å²) in [5.41, 5.74) is 1.08. The number of benzene rings is 1. The van der Waals surface area contributed by atoms with Crippen LogP contribution in [0.3, 0.4) is 0 Å². The number of nitrogens with one attached hydrogen (secondary N) is 2. The Morgan fingerprint density at radius 2 is 2.00 bits per heavy atom. The summed E-state index contributed by atoms with van der Waals surface area (Å²) in [6.45, 7) is 7.65. The number of nitrogens with zero attached hydrogens (tertiary/aromatic N) is 1. The molecule has 1 fully saturated rings. The highest BCUT2D eigenvalue weighted by Crippen LogP contribution is 2.41. The molecule has 166 valence electrons. The first-order chi connectivity index (χ1) is 13.6. The molecule has 1 aliphatic rings. The number of aliphatic imine (C=N–C) groups is 1. The number of methoxy groups -OCH3 is 1. The third kappa shape index (κ3) is 8.68. The molecular weight excluding hydrogens is 481 g/mol. The summed E-state index contributed by atoms with van der Waals surface area (Å²) in [6, 6.07) is 7.52. The van der Waals surface area contributed by atoms with Crippen molar-refractivity contribution in [3.63, 3.8) is 0 Å². The molecule has 1 atom stereocenters. The largest absolute Gasteiger partial charge is 0.497 e. The Labute approximate surface area is 192 Å². The van der Waals surface area contributed by atoms with E-state index in [1.807, 2.05) is 31.2 Å². The maximum absolute atomic E-state index is 10.5. The van der Waals surface area contributed by atoms with Gasteiger partial charge in [0.05, 0.1) is 13.2 Å². The third-order valence-corrected chi connectivity index (χ3v) is 5.50. The van der Waals surface area contributed by atoms with Gasteiger partial charge in [-0.15, -0.1) is 24.0 Å². The van der Waals surface area contributed by atoms with Gasteiger partial charge in [0.15, 0.2) is 5.96 Å². The zero-order chi connectivity index (χ0) is 20.2. The molecule has 0 radical (unpaired) electrons. The molecular formula is C22H38IN3O3. The average molecular weight is 519 g/mol. The number of ether oxygens (including phenoxy) is 2. The Morgan fingerprint density at radius 3 is 2.66 bits per heavy atom. The maximum atomic E-state index is 10.5. The lowest BCUT2D eigenvalue weighted by Crippen LogP contribution is -2.40. The Kier molecular flexibility index (Phi) is 12.6. The van der Waals surface area contributed by atoms with E-state index in [4.69, 9.17) is 14.5 Å². The average Bonchev–Trinajstić information content (AvgIpc) is 3.19. The Hall–Kier alpha value is -1.06. The highest BCUT2D eigenvalue weighted by atomic mass is 127. The molecule has 0 aliphatic heterocycles. The quantitative estimate of drug-likeness (QED) is 0.179. The smallest absolute Gasteiger partial charge is 0.191 e. The second kappa shape index (κ2) is 14.0. The van der Waals surface area contributed by atoms with Crippen molar-refractivity contribution in [2.24, 2.45) is 10.4 Å². The molecule has 1 unspecified atom stereocenters. The van der Waals surface area contributed by atoms with E-state index in [9.17, 15) is 5.11 Å². The van der Waals surface area contributed by atoms with E-state index in [2.05, 4.69) is 17.6 Å². The number of rotatable bonds is 11. The lowest BCUT2D eigenvalue weighted by Gasteiger charge is -2.27. The van der Waals surface area contributed by atoms with Crippen molar-refractivity contribution in [1.29, 1.82) is 0 Å². The number of guanidine groups is 1.